The highest BCUT2D eigenvalue weighted by atomic mass is 15.4. The number of nitrogens with one attached hydrogen (secondary N) is 2. The molecule has 2 nitrogen and oxygen atoms in total. The van der Waals surface area contributed by atoms with E-state index in [1.165, 1.54) is 11.3 Å². The van der Waals surface area contributed by atoms with E-state index in [4.69, 9.17) is 0 Å². The number of fused-ring (bicyclic) bond motifs is 1. The summed E-state index contributed by atoms with van der Waals surface area (Å²) in [5.74, 6) is 0. The van der Waals surface area contributed by atoms with Crippen LogP contribution in [-0.4, -0.2) is 0 Å². The van der Waals surface area contributed by atoms with Crippen molar-refractivity contribution < 1.29 is 0 Å². The van der Waals surface area contributed by atoms with Gasteiger partial charge in [0.2, 0.25) is 0 Å². The lowest BCUT2D eigenvalue weighted by Gasteiger charge is -1.99. The smallest absolute Gasteiger partial charge is 0.0536 e. The summed E-state index contributed by atoms with van der Waals surface area (Å²) in [6.45, 7) is 6.14. The van der Waals surface area contributed by atoms with Crippen LogP contribution in [-0.2, 0) is 0 Å². The van der Waals surface area contributed by atoms with Crippen molar-refractivity contribution in [2.24, 2.45) is 0 Å². The van der Waals surface area contributed by atoms with Crippen molar-refractivity contribution in [2.75, 3.05) is 5.43 Å². The van der Waals surface area contributed by atoms with Gasteiger partial charge in [0.1, 0.15) is 0 Å². The summed E-state index contributed by atoms with van der Waals surface area (Å²) >= 11 is 0. The van der Waals surface area contributed by atoms with Crippen molar-refractivity contribution in [2.45, 2.75) is 26.8 Å². The molecule has 0 radical (unpaired) electrons. The summed E-state index contributed by atoms with van der Waals surface area (Å²) in [6, 6.07) is 8.74. The summed E-state index contributed by atoms with van der Waals surface area (Å²) in [7, 11) is 0. The van der Waals surface area contributed by atoms with E-state index in [2.05, 4.69) is 36.0 Å². The highest BCUT2D eigenvalue weighted by molar-refractivity contribution is 5.55. The molecule has 0 saturated carbocycles. The minimum Gasteiger partial charge on any atom is -0.321 e. The second-order valence-corrected chi connectivity index (χ2v) is 2.58. The third-order valence-electron chi connectivity index (χ3n) is 1.85. The first-order valence-electron chi connectivity index (χ1n) is 4.48. The van der Waals surface area contributed by atoms with Crippen LogP contribution in [0.2, 0.25) is 0 Å². The minimum absolute atomic E-state index is 0.441. The molecule has 0 spiro atoms. The van der Waals surface area contributed by atoms with E-state index in [1.54, 1.807) is 0 Å². The van der Waals surface area contributed by atoms with E-state index in [0.717, 1.165) is 0 Å². The molecule has 1 heterocycles. The third-order valence-corrected chi connectivity index (χ3v) is 1.85. The van der Waals surface area contributed by atoms with Gasteiger partial charge in [0.15, 0.2) is 0 Å². The zero-order valence-corrected chi connectivity index (χ0v) is 7.89. The Balaban J connectivity index is 0.000000336. The lowest BCUT2D eigenvalue weighted by molar-refractivity contribution is 0.687. The zero-order valence-electron chi connectivity index (χ0n) is 7.89. The zero-order chi connectivity index (χ0) is 8.97. The number of hydrazine groups is 1. The van der Waals surface area contributed by atoms with Crippen molar-refractivity contribution in [3.63, 3.8) is 0 Å². The average molecular weight is 164 g/mol. The highest BCUT2D eigenvalue weighted by Crippen LogP contribution is 2.26. The molecule has 1 aliphatic heterocycles. The molecule has 1 aliphatic rings. The van der Waals surface area contributed by atoms with Gasteiger partial charge in [-0.2, -0.15) is 0 Å². The second kappa shape index (κ2) is 4.12. The molecule has 0 aliphatic carbocycles. The topological polar surface area (TPSA) is 24.1 Å². The molecule has 1 atom stereocenters. The molecule has 66 valence electrons. The Morgan fingerprint density at radius 1 is 1.17 bits per heavy atom. The third kappa shape index (κ3) is 1.59. The van der Waals surface area contributed by atoms with Crippen LogP contribution in [0.15, 0.2) is 24.3 Å². The molecule has 2 heteroatoms. The Morgan fingerprint density at radius 3 is 2.50 bits per heavy atom. The largest absolute Gasteiger partial charge is 0.321 e. The van der Waals surface area contributed by atoms with Crippen LogP contribution in [0.1, 0.15) is 32.4 Å². The molecule has 2 N–H and O–H groups in total. The van der Waals surface area contributed by atoms with Gasteiger partial charge in [-0.1, -0.05) is 32.0 Å². The Hall–Kier alpha value is -1.02. The van der Waals surface area contributed by atoms with Gasteiger partial charge in [-0.3, -0.25) is 0 Å². The van der Waals surface area contributed by atoms with Gasteiger partial charge in [0.25, 0.3) is 0 Å². The second-order valence-electron chi connectivity index (χ2n) is 2.58. The normalized spacial score (nSPS) is 18.8. The van der Waals surface area contributed by atoms with Gasteiger partial charge < -0.3 is 5.43 Å². The van der Waals surface area contributed by atoms with Crippen LogP contribution in [0.4, 0.5) is 5.69 Å². The van der Waals surface area contributed by atoms with Crippen molar-refractivity contribution in [3.05, 3.63) is 29.8 Å². The van der Waals surface area contributed by atoms with E-state index < -0.39 is 0 Å². The van der Waals surface area contributed by atoms with E-state index >= 15 is 0 Å². The fraction of sp³-hybridized carbons (Fsp3) is 0.400. The quantitative estimate of drug-likeness (QED) is 0.616. The van der Waals surface area contributed by atoms with Crippen molar-refractivity contribution in [3.8, 4) is 0 Å². The first kappa shape index (κ1) is 9.07. The molecule has 12 heavy (non-hydrogen) atoms. The molecular formula is C10H16N2. The van der Waals surface area contributed by atoms with Crippen LogP contribution in [0, 0.1) is 0 Å². The average Bonchev–Trinajstić information content (AvgIpc) is 2.53. The molecule has 0 saturated heterocycles. The maximum absolute atomic E-state index is 3.13. The minimum atomic E-state index is 0.441. The Bertz CT molecular complexity index is 245. The van der Waals surface area contributed by atoms with E-state index in [0.29, 0.717) is 6.04 Å². The van der Waals surface area contributed by atoms with E-state index in [1.807, 2.05) is 19.9 Å². The SMILES string of the molecule is CC.CC1NNc2ccccc21. The van der Waals surface area contributed by atoms with Gasteiger partial charge in [-0.05, 0) is 18.6 Å². The maximum atomic E-state index is 3.13. The number of hydrogen-bond acceptors (Lipinski definition) is 2. The van der Waals surface area contributed by atoms with Crippen LogP contribution < -0.4 is 10.9 Å². The number of anilines is 1. The molecule has 1 aromatic rings. The lowest BCUT2D eigenvalue weighted by Crippen LogP contribution is -2.15. The molecule has 0 aromatic heterocycles. The fourth-order valence-corrected chi connectivity index (χ4v) is 1.25. The summed E-state index contributed by atoms with van der Waals surface area (Å²) in [5, 5.41) is 0. The number of hydrogen-bond donors (Lipinski definition) is 2. The Morgan fingerprint density at radius 2 is 1.83 bits per heavy atom. The van der Waals surface area contributed by atoms with Crippen molar-refractivity contribution in [1.82, 2.24) is 5.43 Å². The van der Waals surface area contributed by atoms with Crippen LogP contribution in [0.3, 0.4) is 0 Å². The van der Waals surface area contributed by atoms with Crippen LogP contribution >= 0.6 is 0 Å². The summed E-state index contributed by atoms with van der Waals surface area (Å²) in [6.07, 6.45) is 0. The molecular weight excluding hydrogens is 148 g/mol. The Kier molecular flexibility index (Phi) is 3.11. The first-order chi connectivity index (χ1) is 5.88. The molecule has 0 fully saturated rings. The van der Waals surface area contributed by atoms with Gasteiger partial charge in [0, 0.05) is 0 Å². The lowest BCUT2D eigenvalue weighted by atomic mass is 10.1. The number of para-hydroxylation sites is 1. The predicted molar refractivity (Wildman–Crippen MR) is 53.0 cm³/mol. The van der Waals surface area contributed by atoms with E-state index in [-0.39, 0.29) is 0 Å². The van der Waals surface area contributed by atoms with Crippen LogP contribution in [0.25, 0.3) is 0 Å². The maximum Gasteiger partial charge on any atom is 0.0536 e. The van der Waals surface area contributed by atoms with Gasteiger partial charge in [-0.15, -0.1) is 0 Å². The molecule has 1 unspecified atom stereocenters. The molecule has 2 rings (SSSR count). The monoisotopic (exact) mass is 164 g/mol. The molecule has 0 bridgehead atoms. The summed E-state index contributed by atoms with van der Waals surface area (Å²) in [5.41, 5.74) is 8.79. The van der Waals surface area contributed by atoms with Crippen molar-refractivity contribution >= 4 is 5.69 Å². The molecule has 1 aromatic carbocycles. The first-order valence-corrected chi connectivity index (χ1v) is 4.48. The van der Waals surface area contributed by atoms with Gasteiger partial charge >= 0.3 is 0 Å². The fourth-order valence-electron chi connectivity index (χ4n) is 1.25. The summed E-state index contributed by atoms with van der Waals surface area (Å²) in [4.78, 5) is 0. The standard InChI is InChI=1S/C8H10N2.C2H6/c1-6-7-4-2-3-5-8(7)10-9-6;1-2/h2-6,9-10H,1H3;1-2H3. The predicted octanol–water partition coefficient (Wildman–Crippen LogP) is 2.70. The number of rotatable bonds is 0. The molecule has 0 amide bonds. The van der Waals surface area contributed by atoms with Crippen LogP contribution in [0.5, 0.6) is 0 Å². The van der Waals surface area contributed by atoms with Gasteiger partial charge in [0.05, 0.1) is 11.7 Å². The Labute approximate surface area is 74.0 Å². The van der Waals surface area contributed by atoms with Crippen molar-refractivity contribution in [1.29, 1.82) is 0 Å². The van der Waals surface area contributed by atoms with E-state index in [9.17, 15) is 0 Å². The summed E-state index contributed by atoms with van der Waals surface area (Å²) < 4.78 is 0. The number of benzene rings is 1. The van der Waals surface area contributed by atoms with Gasteiger partial charge in [-0.25, -0.2) is 5.43 Å². The highest BCUT2D eigenvalue weighted by Gasteiger charge is 2.14.